The summed E-state index contributed by atoms with van der Waals surface area (Å²) in [6.45, 7) is 2.81. The number of rotatable bonds is 6. The molecule has 0 fully saturated rings. The van der Waals surface area contributed by atoms with Gasteiger partial charge in [0.1, 0.15) is 6.61 Å². The van der Waals surface area contributed by atoms with Gasteiger partial charge in [-0.05, 0) is 6.92 Å². The third-order valence-corrected chi connectivity index (χ3v) is 1.17. The molecule has 0 spiro atoms. The molecule has 0 aromatic carbocycles. The monoisotopic (exact) mass is 177 g/mol. The number of aliphatic hydroxyl groups excluding tert-OH is 1. The molecule has 0 radical (unpaired) electrons. The lowest BCUT2D eigenvalue weighted by Gasteiger charge is -2.07. The van der Waals surface area contributed by atoms with Gasteiger partial charge in [0, 0.05) is 13.2 Å². The van der Waals surface area contributed by atoms with Crippen molar-refractivity contribution in [3.8, 4) is 0 Å². The Balaban J connectivity index is 3.31. The fourth-order valence-corrected chi connectivity index (χ4v) is 0.538. The molecule has 0 saturated heterocycles. The van der Waals surface area contributed by atoms with Gasteiger partial charge in [0.2, 0.25) is 0 Å². The first-order valence-electron chi connectivity index (χ1n) is 3.84. The summed E-state index contributed by atoms with van der Waals surface area (Å²) < 4.78 is 9.51. The molecule has 0 aliphatic rings. The average Bonchev–Trinajstić information content (AvgIpc) is 2.10. The summed E-state index contributed by atoms with van der Waals surface area (Å²) in [6.07, 6.45) is -1.22. The summed E-state index contributed by atoms with van der Waals surface area (Å²) in [7, 11) is 0. The highest BCUT2D eigenvalue weighted by Crippen LogP contribution is 1.86. The van der Waals surface area contributed by atoms with Crippen molar-refractivity contribution in [3.63, 3.8) is 0 Å². The zero-order chi connectivity index (χ0) is 9.40. The molecule has 0 aliphatic carbocycles. The highest BCUT2D eigenvalue weighted by atomic mass is 16.6. The first-order chi connectivity index (χ1) is 5.72. The molecule has 12 heavy (non-hydrogen) atoms. The Labute approximate surface area is 71.5 Å². The number of hydrogen-bond acceptors (Lipinski definition) is 5. The topological polar surface area (TPSA) is 81.8 Å². The highest BCUT2D eigenvalue weighted by Gasteiger charge is 2.13. The maximum absolute atomic E-state index is 10.7. The number of nitrogens with two attached hydrogens (primary N) is 1. The first kappa shape index (κ1) is 11.4. The second kappa shape index (κ2) is 7.02. The lowest BCUT2D eigenvalue weighted by atomic mass is 10.4. The summed E-state index contributed by atoms with van der Waals surface area (Å²) in [6, 6.07) is 0. The minimum atomic E-state index is -1.22. The molecule has 0 saturated carbocycles. The van der Waals surface area contributed by atoms with Gasteiger partial charge in [0.05, 0.1) is 6.61 Å². The van der Waals surface area contributed by atoms with Gasteiger partial charge in [0.15, 0.2) is 6.10 Å². The minimum Gasteiger partial charge on any atom is -0.461 e. The van der Waals surface area contributed by atoms with Crippen molar-refractivity contribution in [1.82, 2.24) is 0 Å². The van der Waals surface area contributed by atoms with Gasteiger partial charge in [-0.2, -0.15) is 0 Å². The predicted octanol–water partition coefficient (Wildman–Crippen LogP) is -1.11. The lowest BCUT2D eigenvalue weighted by Crippen LogP contribution is -2.31. The van der Waals surface area contributed by atoms with Crippen molar-refractivity contribution in [1.29, 1.82) is 0 Å². The van der Waals surface area contributed by atoms with Crippen LogP contribution in [0.2, 0.25) is 0 Å². The molecule has 72 valence electrons. The third-order valence-electron chi connectivity index (χ3n) is 1.17. The van der Waals surface area contributed by atoms with Gasteiger partial charge >= 0.3 is 5.97 Å². The van der Waals surface area contributed by atoms with E-state index in [1.54, 1.807) is 0 Å². The molecular weight excluding hydrogens is 162 g/mol. The quantitative estimate of drug-likeness (QED) is 0.397. The van der Waals surface area contributed by atoms with E-state index < -0.39 is 12.1 Å². The van der Waals surface area contributed by atoms with Gasteiger partial charge in [-0.15, -0.1) is 0 Å². The van der Waals surface area contributed by atoms with Crippen LogP contribution >= 0.6 is 0 Å². The van der Waals surface area contributed by atoms with Crippen molar-refractivity contribution >= 4 is 5.97 Å². The third kappa shape index (κ3) is 5.06. The number of esters is 1. The fraction of sp³-hybridized carbons (Fsp3) is 0.857. The molecule has 5 nitrogen and oxygen atoms in total. The molecule has 3 N–H and O–H groups in total. The normalized spacial score (nSPS) is 12.6. The van der Waals surface area contributed by atoms with Gasteiger partial charge < -0.3 is 20.3 Å². The smallest absolute Gasteiger partial charge is 0.336 e. The summed E-state index contributed by atoms with van der Waals surface area (Å²) in [5.74, 6) is -0.697. The van der Waals surface area contributed by atoms with E-state index in [1.807, 2.05) is 6.92 Å². The van der Waals surface area contributed by atoms with E-state index in [0.717, 1.165) is 0 Å². The minimum absolute atomic E-state index is 0.118. The maximum Gasteiger partial charge on any atom is 0.336 e. The Morgan fingerprint density at radius 3 is 2.75 bits per heavy atom. The van der Waals surface area contributed by atoms with Gasteiger partial charge in [0.25, 0.3) is 0 Å². The fourth-order valence-electron chi connectivity index (χ4n) is 0.538. The zero-order valence-electron chi connectivity index (χ0n) is 7.16. The lowest BCUT2D eigenvalue weighted by molar-refractivity contribution is -0.154. The number of hydrogen-bond donors (Lipinski definition) is 2. The van der Waals surface area contributed by atoms with Crippen molar-refractivity contribution in [2.75, 3.05) is 26.4 Å². The van der Waals surface area contributed by atoms with Crippen LogP contribution in [0.3, 0.4) is 0 Å². The molecule has 0 rings (SSSR count). The molecule has 0 amide bonds. The van der Waals surface area contributed by atoms with Crippen LogP contribution in [0, 0.1) is 0 Å². The van der Waals surface area contributed by atoms with E-state index in [2.05, 4.69) is 4.74 Å². The van der Waals surface area contributed by atoms with E-state index >= 15 is 0 Å². The summed E-state index contributed by atoms with van der Waals surface area (Å²) in [4.78, 5) is 10.7. The highest BCUT2D eigenvalue weighted by molar-refractivity contribution is 5.74. The summed E-state index contributed by atoms with van der Waals surface area (Å²) >= 11 is 0. The van der Waals surface area contributed by atoms with Crippen LogP contribution in [-0.4, -0.2) is 43.5 Å². The molecule has 0 heterocycles. The Morgan fingerprint density at radius 2 is 2.25 bits per heavy atom. The van der Waals surface area contributed by atoms with E-state index in [1.165, 1.54) is 0 Å². The van der Waals surface area contributed by atoms with Crippen LogP contribution in [0.4, 0.5) is 0 Å². The Bertz CT molecular complexity index is 129. The van der Waals surface area contributed by atoms with Crippen molar-refractivity contribution in [2.45, 2.75) is 13.0 Å². The molecule has 0 bridgehead atoms. The molecule has 0 aromatic heterocycles. The Morgan fingerprint density at radius 1 is 1.58 bits per heavy atom. The van der Waals surface area contributed by atoms with E-state index in [9.17, 15) is 4.79 Å². The van der Waals surface area contributed by atoms with Crippen LogP contribution in [-0.2, 0) is 14.3 Å². The molecular formula is C7H15NO4. The van der Waals surface area contributed by atoms with Crippen LogP contribution in [0.15, 0.2) is 0 Å². The molecule has 0 aromatic rings. The van der Waals surface area contributed by atoms with E-state index in [-0.39, 0.29) is 13.2 Å². The zero-order valence-corrected chi connectivity index (χ0v) is 7.16. The van der Waals surface area contributed by atoms with Gasteiger partial charge in [-0.3, -0.25) is 0 Å². The molecule has 5 heteroatoms. The second-order valence-corrected chi connectivity index (χ2v) is 2.12. The molecule has 1 atom stereocenters. The average molecular weight is 177 g/mol. The molecule has 1 unspecified atom stereocenters. The van der Waals surface area contributed by atoms with E-state index in [4.69, 9.17) is 15.6 Å². The van der Waals surface area contributed by atoms with Crippen molar-refractivity contribution in [2.24, 2.45) is 5.73 Å². The first-order valence-corrected chi connectivity index (χ1v) is 3.84. The number of aliphatic hydroxyl groups is 1. The van der Waals surface area contributed by atoms with Crippen LogP contribution in [0.25, 0.3) is 0 Å². The second-order valence-electron chi connectivity index (χ2n) is 2.12. The Kier molecular flexibility index (Phi) is 6.64. The number of carbonyl (C=O) groups is 1. The van der Waals surface area contributed by atoms with E-state index in [0.29, 0.717) is 13.2 Å². The molecule has 0 aliphatic heterocycles. The van der Waals surface area contributed by atoms with Gasteiger partial charge in [-0.1, -0.05) is 0 Å². The standard InChI is InChI=1S/C7H15NO4/c1-2-11-3-4-12-7(10)6(9)5-8/h6,9H,2-5,8H2,1H3. The van der Waals surface area contributed by atoms with Crippen molar-refractivity contribution in [3.05, 3.63) is 0 Å². The maximum atomic E-state index is 10.7. The van der Waals surface area contributed by atoms with Crippen LogP contribution < -0.4 is 5.73 Å². The number of ether oxygens (including phenoxy) is 2. The Hall–Kier alpha value is -0.650. The van der Waals surface area contributed by atoms with Gasteiger partial charge in [-0.25, -0.2) is 4.79 Å². The SMILES string of the molecule is CCOCCOC(=O)C(O)CN. The predicted molar refractivity (Wildman–Crippen MR) is 42.5 cm³/mol. The summed E-state index contributed by atoms with van der Waals surface area (Å²) in [5.41, 5.74) is 5.02. The summed E-state index contributed by atoms with van der Waals surface area (Å²) in [5, 5.41) is 8.84. The van der Waals surface area contributed by atoms with Crippen LogP contribution in [0.1, 0.15) is 6.92 Å². The van der Waals surface area contributed by atoms with Crippen LogP contribution in [0.5, 0.6) is 0 Å². The number of carbonyl (C=O) groups excluding carboxylic acids is 1. The van der Waals surface area contributed by atoms with Crippen molar-refractivity contribution < 1.29 is 19.4 Å². The largest absolute Gasteiger partial charge is 0.461 e.